The Morgan fingerprint density at radius 2 is 1.84 bits per heavy atom. The van der Waals surface area contributed by atoms with E-state index in [1.165, 1.54) is 56.8 Å². The Labute approximate surface area is 209 Å². The van der Waals surface area contributed by atoms with Crippen LogP contribution in [0.1, 0.15) is 55.4 Å². The van der Waals surface area contributed by atoms with Crippen molar-refractivity contribution in [2.75, 3.05) is 6.61 Å². The first-order valence-electron chi connectivity index (χ1n) is 12.1. The number of pyridine rings is 1. The van der Waals surface area contributed by atoms with Crippen molar-refractivity contribution in [3.63, 3.8) is 0 Å². The lowest BCUT2D eigenvalue weighted by molar-refractivity contribution is -0.137. The van der Waals surface area contributed by atoms with Gasteiger partial charge in [0.15, 0.2) is 0 Å². The predicted octanol–water partition coefficient (Wildman–Crippen LogP) is 5.61. The third-order valence-electron chi connectivity index (χ3n) is 6.52. The molecule has 2 aliphatic rings. The number of alkyl halides is 3. The molecule has 2 fully saturated rings. The number of benzene rings is 1. The molecule has 0 N–H and O–H groups in total. The van der Waals surface area contributed by atoms with Gasteiger partial charge in [-0.15, -0.1) is 0 Å². The Bertz CT molecular complexity index is 1470. The average molecular weight is 516 g/mol. The Kier molecular flexibility index (Phi) is 6.80. The molecule has 11 heteroatoms. The van der Waals surface area contributed by atoms with Gasteiger partial charge in [-0.1, -0.05) is 0 Å². The minimum Gasteiger partial charge on any atom is -0.373 e. The number of ether oxygens (including phenoxy) is 1. The molecule has 1 atom stereocenters. The van der Waals surface area contributed by atoms with Gasteiger partial charge in [-0.2, -0.15) is 23.4 Å². The third kappa shape index (κ3) is 5.41. The van der Waals surface area contributed by atoms with E-state index in [1.807, 2.05) is 6.20 Å². The minimum absolute atomic E-state index is 0.0684. The lowest BCUT2D eigenvalue weighted by atomic mass is 10.0. The number of nitrogens with zero attached hydrogens (tertiary/aromatic N) is 5. The highest BCUT2D eigenvalue weighted by atomic mass is 19.4. The van der Waals surface area contributed by atoms with Crippen molar-refractivity contribution < 1.29 is 22.3 Å². The molecular weight excluding hydrogens is 490 g/mol. The highest BCUT2D eigenvalue weighted by molar-refractivity contribution is 5.93. The molecular formula is C26H25F4N5O2. The van der Waals surface area contributed by atoms with Crippen molar-refractivity contribution >= 4 is 10.8 Å². The quantitative estimate of drug-likeness (QED) is 0.332. The van der Waals surface area contributed by atoms with Gasteiger partial charge in [-0.25, -0.2) is 9.07 Å². The summed E-state index contributed by atoms with van der Waals surface area (Å²) in [5.41, 5.74) is -0.277. The summed E-state index contributed by atoms with van der Waals surface area (Å²) in [6.45, 7) is 0.916. The van der Waals surface area contributed by atoms with Crippen LogP contribution in [0.2, 0.25) is 0 Å². The molecule has 0 radical (unpaired) electrons. The maximum atomic E-state index is 14.1. The van der Waals surface area contributed by atoms with Crippen LogP contribution in [0, 0.1) is 5.82 Å². The first kappa shape index (κ1) is 25.1. The first-order valence-corrected chi connectivity index (χ1v) is 12.1. The normalized spacial score (nSPS) is 17.9. The fourth-order valence-corrected chi connectivity index (χ4v) is 4.32. The van der Waals surface area contributed by atoms with E-state index in [2.05, 4.69) is 26.1 Å². The molecule has 1 saturated carbocycles. The average Bonchev–Trinajstić information content (AvgIpc) is 3.62. The van der Waals surface area contributed by atoms with Gasteiger partial charge in [-0.05, 0) is 56.4 Å². The lowest BCUT2D eigenvalue weighted by Gasteiger charge is -2.21. The van der Waals surface area contributed by atoms with E-state index in [9.17, 15) is 22.4 Å². The molecule has 3 aromatic heterocycles. The zero-order valence-corrected chi connectivity index (χ0v) is 20.1. The second kappa shape index (κ2) is 10.0. The summed E-state index contributed by atoms with van der Waals surface area (Å²) in [5, 5.41) is 8.76. The Morgan fingerprint density at radius 3 is 2.51 bits per heavy atom. The summed E-state index contributed by atoms with van der Waals surface area (Å²) in [6.07, 6.45) is 8.73. The Balaban J connectivity index is 0.000000170. The lowest BCUT2D eigenvalue weighted by Crippen LogP contribution is -2.19. The number of fused-ring (bicyclic) bond motifs is 1. The molecule has 1 aliphatic carbocycles. The first-order chi connectivity index (χ1) is 17.7. The van der Waals surface area contributed by atoms with Crippen LogP contribution < -0.4 is 5.56 Å². The van der Waals surface area contributed by atoms with E-state index >= 15 is 0 Å². The fourth-order valence-electron chi connectivity index (χ4n) is 4.32. The summed E-state index contributed by atoms with van der Waals surface area (Å²) in [6, 6.07) is 4.31. The van der Waals surface area contributed by atoms with Gasteiger partial charge in [-0.3, -0.25) is 14.5 Å². The van der Waals surface area contributed by atoms with Crippen molar-refractivity contribution in [1.29, 1.82) is 0 Å². The molecule has 0 amide bonds. The molecule has 4 aromatic rings. The number of hydrogen-bond donors (Lipinski definition) is 0. The van der Waals surface area contributed by atoms with Crippen LogP contribution in [0.4, 0.5) is 17.6 Å². The van der Waals surface area contributed by atoms with Crippen molar-refractivity contribution in [2.45, 2.75) is 50.4 Å². The summed E-state index contributed by atoms with van der Waals surface area (Å²) in [4.78, 5) is 16.0. The molecule has 1 aliphatic heterocycles. The van der Waals surface area contributed by atoms with Crippen molar-refractivity contribution in [3.8, 4) is 11.3 Å². The van der Waals surface area contributed by atoms with Crippen LogP contribution in [0.5, 0.6) is 0 Å². The molecule has 1 saturated heterocycles. The molecule has 194 valence electrons. The van der Waals surface area contributed by atoms with Gasteiger partial charge in [0.1, 0.15) is 5.82 Å². The highest BCUT2D eigenvalue weighted by Crippen LogP contribution is 2.36. The third-order valence-corrected chi connectivity index (χ3v) is 6.52. The molecule has 6 rings (SSSR count). The van der Waals surface area contributed by atoms with Crippen molar-refractivity contribution in [3.05, 3.63) is 76.4 Å². The number of aryl methyl sites for hydroxylation is 1. The molecule has 4 heterocycles. The van der Waals surface area contributed by atoms with E-state index in [0.29, 0.717) is 18.2 Å². The second-order valence-electron chi connectivity index (χ2n) is 9.23. The standard InChI is InChI=1S/C15H9F4N3O.C11H16N2O/c1-22-14(23)9-4-5-20-13(11(9)7-21-22)10-3-2-8(6-12(10)16)15(17,18)19;1-2-6-14-11(3-1)9-7-12-13(8-9)10-4-5-10/h2-7H,1H3;7-8,10-11H,1-6H2/t;11-/m.1/s1. The summed E-state index contributed by atoms with van der Waals surface area (Å²) >= 11 is 0. The van der Waals surface area contributed by atoms with Crippen molar-refractivity contribution in [2.24, 2.45) is 7.05 Å². The smallest absolute Gasteiger partial charge is 0.373 e. The van der Waals surface area contributed by atoms with E-state index < -0.39 is 23.1 Å². The van der Waals surface area contributed by atoms with E-state index in [4.69, 9.17) is 4.74 Å². The van der Waals surface area contributed by atoms with Gasteiger partial charge < -0.3 is 4.74 Å². The molecule has 0 bridgehead atoms. The number of aromatic nitrogens is 5. The Hall–Kier alpha value is -3.60. The number of rotatable bonds is 3. The van der Waals surface area contributed by atoms with Crippen LogP contribution in [-0.2, 0) is 18.0 Å². The van der Waals surface area contributed by atoms with Gasteiger partial charge in [0.25, 0.3) is 5.56 Å². The van der Waals surface area contributed by atoms with Crippen LogP contribution in [0.3, 0.4) is 0 Å². The zero-order valence-electron chi connectivity index (χ0n) is 20.1. The Morgan fingerprint density at radius 1 is 1.03 bits per heavy atom. The molecule has 7 nitrogen and oxygen atoms in total. The van der Waals surface area contributed by atoms with E-state index in [-0.39, 0.29) is 22.0 Å². The molecule has 0 spiro atoms. The topological polar surface area (TPSA) is 74.8 Å². The van der Waals surface area contributed by atoms with Gasteiger partial charge >= 0.3 is 6.18 Å². The second-order valence-corrected chi connectivity index (χ2v) is 9.23. The van der Waals surface area contributed by atoms with Gasteiger partial charge in [0.05, 0.1) is 41.2 Å². The molecule has 1 aromatic carbocycles. The number of hydrogen-bond acceptors (Lipinski definition) is 5. The minimum atomic E-state index is -4.64. The monoisotopic (exact) mass is 515 g/mol. The van der Waals surface area contributed by atoms with Crippen molar-refractivity contribution in [1.82, 2.24) is 24.5 Å². The largest absolute Gasteiger partial charge is 0.416 e. The summed E-state index contributed by atoms with van der Waals surface area (Å²) in [5.74, 6) is -1.07. The van der Waals surface area contributed by atoms with Gasteiger partial charge in [0, 0.05) is 42.6 Å². The van der Waals surface area contributed by atoms with Crippen LogP contribution in [-0.4, -0.2) is 31.2 Å². The highest BCUT2D eigenvalue weighted by Gasteiger charge is 2.31. The molecule has 0 unspecified atom stereocenters. The van der Waals surface area contributed by atoms with Crippen LogP contribution in [0.25, 0.3) is 22.0 Å². The summed E-state index contributed by atoms with van der Waals surface area (Å²) < 4.78 is 60.9. The SMILES string of the molecule is Cn1ncc2c(-c3ccc(C(F)(F)F)cc3F)nccc2c1=O.c1nn(C2CC2)cc1[C@H]1CCCCO1. The summed E-state index contributed by atoms with van der Waals surface area (Å²) in [7, 11) is 1.46. The van der Waals surface area contributed by atoms with Crippen LogP contribution in [0.15, 0.2) is 53.8 Å². The van der Waals surface area contributed by atoms with E-state index in [1.54, 1.807) is 0 Å². The zero-order chi connectivity index (χ0) is 26.2. The number of halogens is 4. The maximum absolute atomic E-state index is 14.1. The predicted molar refractivity (Wildman–Crippen MR) is 128 cm³/mol. The maximum Gasteiger partial charge on any atom is 0.416 e. The fraction of sp³-hybridized carbons (Fsp3) is 0.385. The van der Waals surface area contributed by atoms with Gasteiger partial charge in [0.2, 0.25) is 0 Å². The molecule has 37 heavy (non-hydrogen) atoms. The van der Waals surface area contributed by atoms with Crippen LogP contribution >= 0.6 is 0 Å². The van der Waals surface area contributed by atoms with E-state index in [0.717, 1.165) is 29.8 Å².